The molecule has 0 aliphatic heterocycles. The number of ether oxygens (including phenoxy) is 1. The molecule has 6 heteroatoms. The standard InChI is InChI=1S/C9H8N2O3S/c1-2-14-9-5-3-4-8(7(9)6-10)11-15(12)13/h3-5H,2H2,1H3. The topological polar surface area (TPSA) is 79.5 Å². The average molecular weight is 224 g/mol. The Balaban J connectivity index is 3.36. The number of nitriles is 1. The van der Waals surface area contributed by atoms with Gasteiger partial charge in [-0.25, -0.2) is 0 Å². The molecule has 0 aliphatic rings. The third kappa shape index (κ3) is 2.79. The largest absolute Gasteiger partial charge is 0.492 e. The summed E-state index contributed by atoms with van der Waals surface area (Å²) in [4.78, 5) is 0. The van der Waals surface area contributed by atoms with Gasteiger partial charge in [0.25, 0.3) is 0 Å². The van der Waals surface area contributed by atoms with Crippen molar-refractivity contribution in [2.45, 2.75) is 6.92 Å². The van der Waals surface area contributed by atoms with Gasteiger partial charge in [-0.1, -0.05) is 6.07 Å². The number of rotatable bonds is 3. The normalized spacial score (nSPS) is 9.07. The Kier molecular flexibility index (Phi) is 3.83. The quantitative estimate of drug-likeness (QED) is 0.781. The van der Waals surface area contributed by atoms with Crippen molar-refractivity contribution in [3.05, 3.63) is 23.8 Å². The third-order valence-electron chi connectivity index (χ3n) is 1.59. The fourth-order valence-electron chi connectivity index (χ4n) is 1.06. The van der Waals surface area contributed by atoms with Crippen molar-refractivity contribution >= 4 is 16.2 Å². The Labute approximate surface area is 88.6 Å². The van der Waals surface area contributed by atoms with E-state index in [-0.39, 0.29) is 11.3 Å². The molecule has 15 heavy (non-hydrogen) atoms. The van der Waals surface area contributed by atoms with E-state index in [0.29, 0.717) is 12.4 Å². The molecule has 1 aromatic rings. The average Bonchev–Trinajstić information content (AvgIpc) is 2.18. The van der Waals surface area contributed by atoms with E-state index >= 15 is 0 Å². The van der Waals surface area contributed by atoms with E-state index in [1.807, 2.05) is 6.07 Å². The minimum absolute atomic E-state index is 0.0942. The monoisotopic (exact) mass is 224 g/mol. The summed E-state index contributed by atoms with van der Waals surface area (Å²) in [5.41, 5.74) is 0.223. The van der Waals surface area contributed by atoms with Crippen molar-refractivity contribution in [2.75, 3.05) is 6.61 Å². The van der Waals surface area contributed by atoms with E-state index in [2.05, 4.69) is 4.36 Å². The third-order valence-corrected chi connectivity index (χ3v) is 1.93. The van der Waals surface area contributed by atoms with E-state index < -0.39 is 10.5 Å². The molecule has 0 saturated heterocycles. The second-order valence-corrected chi connectivity index (χ2v) is 3.12. The molecule has 0 fully saturated rings. The minimum atomic E-state index is -2.57. The van der Waals surface area contributed by atoms with Crippen LogP contribution in [0.1, 0.15) is 12.5 Å². The molecule has 0 amide bonds. The first-order valence-electron chi connectivity index (χ1n) is 4.16. The molecule has 5 nitrogen and oxygen atoms in total. The smallest absolute Gasteiger partial charge is 0.316 e. The molecule has 0 bridgehead atoms. The second kappa shape index (κ2) is 5.12. The Morgan fingerprint density at radius 3 is 2.80 bits per heavy atom. The van der Waals surface area contributed by atoms with Crippen molar-refractivity contribution in [1.29, 1.82) is 5.26 Å². The molecule has 1 aromatic carbocycles. The van der Waals surface area contributed by atoms with Crippen molar-refractivity contribution < 1.29 is 13.2 Å². The first-order chi connectivity index (χ1) is 7.19. The highest BCUT2D eigenvalue weighted by atomic mass is 32.2. The summed E-state index contributed by atoms with van der Waals surface area (Å²) in [7, 11) is -2.57. The van der Waals surface area contributed by atoms with Gasteiger partial charge >= 0.3 is 10.5 Å². The Hall–Kier alpha value is -1.87. The zero-order valence-electron chi connectivity index (χ0n) is 7.97. The molecule has 0 radical (unpaired) electrons. The summed E-state index contributed by atoms with van der Waals surface area (Å²) >= 11 is 0. The molecule has 0 heterocycles. The van der Waals surface area contributed by atoms with Crippen LogP contribution in [0.3, 0.4) is 0 Å². The van der Waals surface area contributed by atoms with Crippen LogP contribution < -0.4 is 4.74 Å². The molecule has 0 unspecified atom stereocenters. The van der Waals surface area contributed by atoms with Crippen LogP contribution in [0.5, 0.6) is 5.75 Å². The molecular formula is C9H8N2O3S. The van der Waals surface area contributed by atoms with Gasteiger partial charge in [0, 0.05) is 0 Å². The van der Waals surface area contributed by atoms with E-state index in [1.165, 1.54) is 6.07 Å². The summed E-state index contributed by atoms with van der Waals surface area (Å²) in [5.74, 6) is 0.340. The van der Waals surface area contributed by atoms with Crippen molar-refractivity contribution in [3.63, 3.8) is 0 Å². The number of hydrogen-bond donors (Lipinski definition) is 0. The lowest BCUT2D eigenvalue weighted by molar-refractivity contribution is 0.339. The summed E-state index contributed by atoms with van der Waals surface area (Å²) in [6, 6.07) is 6.48. The highest BCUT2D eigenvalue weighted by molar-refractivity contribution is 7.61. The molecular weight excluding hydrogens is 216 g/mol. The highest BCUT2D eigenvalue weighted by Gasteiger charge is 2.08. The molecule has 1 rings (SSSR count). The lowest BCUT2D eigenvalue weighted by Gasteiger charge is -2.05. The maximum atomic E-state index is 10.4. The van der Waals surface area contributed by atoms with Gasteiger partial charge in [-0.15, -0.1) is 4.36 Å². The van der Waals surface area contributed by atoms with E-state index in [9.17, 15) is 8.42 Å². The molecule has 0 aliphatic carbocycles. The van der Waals surface area contributed by atoms with E-state index in [4.69, 9.17) is 10.00 Å². The van der Waals surface area contributed by atoms with Gasteiger partial charge in [-0.2, -0.15) is 13.7 Å². The van der Waals surface area contributed by atoms with Crippen LogP contribution in [-0.4, -0.2) is 15.0 Å². The van der Waals surface area contributed by atoms with Crippen LogP contribution in [-0.2, 0) is 10.5 Å². The summed E-state index contributed by atoms with van der Waals surface area (Å²) < 4.78 is 29.2. The first kappa shape index (κ1) is 11.2. The van der Waals surface area contributed by atoms with Crippen LogP contribution in [0.4, 0.5) is 5.69 Å². The van der Waals surface area contributed by atoms with Gasteiger partial charge in [-0.3, -0.25) is 0 Å². The maximum Gasteiger partial charge on any atom is 0.316 e. The molecule has 0 aromatic heterocycles. The van der Waals surface area contributed by atoms with Crippen LogP contribution in [0.15, 0.2) is 22.6 Å². The lowest BCUT2D eigenvalue weighted by atomic mass is 10.2. The summed E-state index contributed by atoms with van der Waals surface area (Å²) in [6.07, 6.45) is 0. The van der Waals surface area contributed by atoms with Gasteiger partial charge in [0.2, 0.25) is 0 Å². The molecule has 0 N–H and O–H groups in total. The Morgan fingerprint density at radius 1 is 1.53 bits per heavy atom. The number of hydrogen-bond acceptors (Lipinski definition) is 5. The van der Waals surface area contributed by atoms with E-state index in [0.717, 1.165) is 0 Å². The molecule has 78 valence electrons. The minimum Gasteiger partial charge on any atom is -0.492 e. The van der Waals surface area contributed by atoms with Crippen molar-refractivity contribution in [1.82, 2.24) is 0 Å². The SMILES string of the molecule is CCOc1cccc(N=S(=O)=O)c1C#N. The lowest BCUT2D eigenvalue weighted by Crippen LogP contribution is -1.94. The summed E-state index contributed by atoms with van der Waals surface area (Å²) in [5, 5.41) is 8.85. The number of nitrogens with zero attached hydrogens (tertiary/aromatic N) is 2. The first-order valence-corrected chi connectivity index (χ1v) is 5.19. The fourth-order valence-corrected chi connectivity index (χ4v) is 1.38. The van der Waals surface area contributed by atoms with Gasteiger partial charge in [0.15, 0.2) is 0 Å². The fraction of sp³-hybridized carbons (Fsp3) is 0.222. The maximum absolute atomic E-state index is 10.4. The van der Waals surface area contributed by atoms with Crippen LogP contribution in [0.2, 0.25) is 0 Å². The zero-order valence-corrected chi connectivity index (χ0v) is 8.78. The molecule has 0 atom stereocenters. The predicted octanol–water partition coefficient (Wildman–Crippen LogP) is 1.65. The van der Waals surface area contributed by atoms with Crippen LogP contribution in [0.25, 0.3) is 0 Å². The summed E-state index contributed by atoms with van der Waals surface area (Å²) in [6.45, 7) is 2.18. The van der Waals surface area contributed by atoms with E-state index in [1.54, 1.807) is 19.1 Å². The van der Waals surface area contributed by atoms with Crippen LogP contribution in [0, 0.1) is 11.3 Å². The Morgan fingerprint density at radius 2 is 2.27 bits per heavy atom. The molecule has 0 saturated carbocycles. The highest BCUT2D eigenvalue weighted by Crippen LogP contribution is 2.27. The van der Waals surface area contributed by atoms with Crippen molar-refractivity contribution in [2.24, 2.45) is 4.36 Å². The van der Waals surface area contributed by atoms with Crippen molar-refractivity contribution in [3.8, 4) is 11.8 Å². The number of benzene rings is 1. The van der Waals surface area contributed by atoms with Gasteiger partial charge in [-0.05, 0) is 19.1 Å². The predicted molar refractivity (Wildman–Crippen MR) is 53.3 cm³/mol. The Bertz CT molecular complexity index is 521. The second-order valence-electron chi connectivity index (χ2n) is 2.50. The van der Waals surface area contributed by atoms with Gasteiger partial charge in [0.1, 0.15) is 23.1 Å². The zero-order chi connectivity index (χ0) is 11.3. The molecule has 0 spiro atoms. The van der Waals surface area contributed by atoms with Gasteiger partial charge < -0.3 is 4.74 Å². The van der Waals surface area contributed by atoms with Gasteiger partial charge in [0.05, 0.1) is 6.61 Å². The van der Waals surface area contributed by atoms with Crippen LogP contribution >= 0.6 is 0 Å².